The second-order valence-electron chi connectivity index (χ2n) is 11.9. The molecule has 0 saturated carbocycles. The zero-order valence-corrected chi connectivity index (χ0v) is 26.6. The minimum absolute atomic E-state index is 0.00892. The van der Waals surface area contributed by atoms with E-state index in [2.05, 4.69) is 38.2 Å². The highest BCUT2D eigenvalue weighted by molar-refractivity contribution is 6.34. The molecular weight excluding hydrogens is 647 g/mol. The number of aryl methyl sites for hydroxylation is 1. The molecule has 0 radical (unpaired) electrons. The number of nitrogens with two attached hydrogens (primary N) is 1. The average molecular weight is 679 g/mol. The van der Waals surface area contributed by atoms with Crippen LogP contribution in [0.4, 0.5) is 33.6 Å². The van der Waals surface area contributed by atoms with Gasteiger partial charge in [-0.2, -0.15) is 23.1 Å². The summed E-state index contributed by atoms with van der Waals surface area (Å²) in [6.45, 7) is 14.6. The fourth-order valence-electron chi connectivity index (χ4n) is 6.38. The van der Waals surface area contributed by atoms with Crippen molar-refractivity contribution in [3.8, 4) is 17.3 Å². The number of ether oxygens (including phenoxy) is 1. The van der Waals surface area contributed by atoms with Crippen molar-refractivity contribution in [2.75, 3.05) is 57.0 Å². The number of fused-ring (bicyclic) bond motifs is 1. The Kier molecular flexibility index (Phi) is 9.47. The van der Waals surface area contributed by atoms with Crippen LogP contribution in [0.3, 0.4) is 0 Å². The number of anilines is 2. The maximum absolute atomic E-state index is 16.6. The van der Waals surface area contributed by atoms with Gasteiger partial charge in [0.25, 0.3) is 5.91 Å². The van der Waals surface area contributed by atoms with Crippen LogP contribution in [-0.4, -0.2) is 89.1 Å². The van der Waals surface area contributed by atoms with E-state index < -0.39 is 51.6 Å². The lowest BCUT2D eigenvalue weighted by Crippen LogP contribution is -2.56. The van der Waals surface area contributed by atoms with E-state index in [4.69, 9.17) is 28.6 Å². The SMILES string of the molecule is [C-]#[N+]CC1CN(c2nc(OCC3CC(C)CN3C)nc3c(F)c(-c4nc(N)cc(C)c4C(F)(F)F)c(Cl)cc23)CCN1C(=O)C(=C)F. The van der Waals surface area contributed by atoms with Crippen molar-refractivity contribution in [3.05, 3.63) is 57.9 Å². The molecule has 2 N–H and O–H groups in total. The van der Waals surface area contributed by atoms with Crippen LogP contribution in [0.5, 0.6) is 6.01 Å². The second kappa shape index (κ2) is 13.1. The van der Waals surface area contributed by atoms with Gasteiger partial charge in [-0.1, -0.05) is 25.1 Å². The van der Waals surface area contributed by atoms with Crippen molar-refractivity contribution in [2.24, 2.45) is 5.92 Å². The predicted molar refractivity (Wildman–Crippen MR) is 167 cm³/mol. The van der Waals surface area contributed by atoms with Gasteiger partial charge in [-0.25, -0.2) is 20.3 Å². The molecule has 4 heterocycles. The summed E-state index contributed by atoms with van der Waals surface area (Å²) in [6, 6.07) is 1.27. The number of aromatic nitrogens is 3. The highest BCUT2D eigenvalue weighted by Gasteiger charge is 2.39. The molecule has 3 atom stereocenters. The molecule has 1 amide bonds. The highest BCUT2D eigenvalue weighted by atomic mass is 35.5. The first-order chi connectivity index (χ1) is 22.1. The topological polar surface area (TPSA) is 105 Å². The van der Waals surface area contributed by atoms with Crippen molar-refractivity contribution in [2.45, 2.75) is 38.5 Å². The van der Waals surface area contributed by atoms with Crippen LogP contribution in [-0.2, 0) is 11.0 Å². The molecule has 2 fully saturated rings. The third-order valence-corrected chi connectivity index (χ3v) is 8.78. The molecule has 5 rings (SSSR count). The molecule has 3 unspecified atom stereocenters. The Labute approximate surface area is 272 Å². The summed E-state index contributed by atoms with van der Waals surface area (Å²) in [5, 5.41) is -0.362. The van der Waals surface area contributed by atoms with Crippen LogP contribution in [0.1, 0.15) is 24.5 Å². The molecule has 2 aliphatic heterocycles. The van der Waals surface area contributed by atoms with Crippen LogP contribution in [0, 0.1) is 25.2 Å². The molecule has 2 aromatic heterocycles. The molecule has 0 aliphatic carbocycles. The number of likely N-dealkylation sites (N-methyl/N-ethyl adjacent to an activating group) is 1. The minimum Gasteiger partial charge on any atom is -0.462 e. The van der Waals surface area contributed by atoms with E-state index >= 15 is 4.39 Å². The van der Waals surface area contributed by atoms with Crippen molar-refractivity contribution >= 4 is 40.0 Å². The Bertz CT molecular complexity index is 1780. The third kappa shape index (κ3) is 6.75. The number of carbonyl (C=O) groups excluding carboxylic acids is 1. The van der Waals surface area contributed by atoms with E-state index in [0.717, 1.165) is 19.0 Å². The molecule has 3 aromatic rings. The zero-order chi connectivity index (χ0) is 34.4. The Morgan fingerprint density at radius 3 is 2.55 bits per heavy atom. The average Bonchev–Trinajstić information content (AvgIpc) is 3.30. The van der Waals surface area contributed by atoms with Crippen LogP contribution in [0.2, 0.25) is 5.02 Å². The number of hydrogen-bond donors (Lipinski definition) is 1. The molecule has 47 heavy (non-hydrogen) atoms. The van der Waals surface area contributed by atoms with Gasteiger partial charge >= 0.3 is 12.2 Å². The minimum atomic E-state index is -4.92. The molecule has 2 saturated heterocycles. The molecular formula is C31H32ClF5N8O2. The lowest BCUT2D eigenvalue weighted by atomic mass is 9.99. The number of pyridine rings is 1. The Morgan fingerprint density at radius 1 is 1.21 bits per heavy atom. The van der Waals surface area contributed by atoms with E-state index in [1.165, 1.54) is 17.9 Å². The molecule has 16 heteroatoms. The predicted octanol–water partition coefficient (Wildman–Crippen LogP) is 5.53. The van der Waals surface area contributed by atoms with Crippen LogP contribution in [0.25, 0.3) is 27.0 Å². The molecule has 250 valence electrons. The summed E-state index contributed by atoms with van der Waals surface area (Å²) in [7, 11) is 1.95. The number of alkyl halides is 3. The van der Waals surface area contributed by atoms with Crippen molar-refractivity contribution < 1.29 is 31.5 Å². The number of rotatable bonds is 7. The van der Waals surface area contributed by atoms with Gasteiger partial charge in [0.15, 0.2) is 11.6 Å². The summed E-state index contributed by atoms with van der Waals surface area (Å²) >= 11 is 6.53. The summed E-state index contributed by atoms with van der Waals surface area (Å²) in [5.41, 5.74) is 2.50. The second-order valence-corrected chi connectivity index (χ2v) is 12.4. The van der Waals surface area contributed by atoms with E-state index in [0.29, 0.717) is 5.92 Å². The molecule has 0 bridgehead atoms. The number of halogens is 6. The summed E-state index contributed by atoms with van der Waals surface area (Å²) in [5.74, 6) is -3.06. The van der Waals surface area contributed by atoms with Crippen molar-refractivity contribution in [3.63, 3.8) is 0 Å². The van der Waals surface area contributed by atoms with E-state index in [9.17, 15) is 22.4 Å². The van der Waals surface area contributed by atoms with Gasteiger partial charge in [-0.05, 0) is 44.0 Å². The number of likely N-dealkylation sites (tertiary alicyclic amines) is 1. The van der Waals surface area contributed by atoms with Crippen LogP contribution in [0.15, 0.2) is 24.5 Å². The first kappa shape index (κ1) is 34.1. The number of hydrogen-bond acceptors (Lipinski definition) is 8. The quantitative estimate of drug-likeness (QED) is 0.198. The summed E-state index contributed by atoms with van der Waals surface area (Å²) in [4.78, 5) is 33.5. The lowest BCUT2D eigenvalue weighted by Gasteiger charge is -2.39. The van der Waals surface area contributed by atoms with Crippen molar-refractivity contribution in [1.29, 1.82) is 0 Å². The van der Waals surface area contributed by atoms with Gasteiger partial charge in [0.05, 0.1) is 21.8 Å². The zero-order valence-electron chi connectivity index (χ0n) is 25.8. The number of carbonyl (C=O) groups is 1. The molecule has 10 nitrogen and oxygen atoms in total. The van der Waals surface area contributed by atoms with Gasteiger partial charge in [0, 0.05) is 37.6 Å². The number of benzene rings is 1. The Morgan fingerprint density at radius 2 is 1.94 bits per heavy atom. The standard InChI is InChI=1S/C31H32ClF5N8O2/c1-15-8-18(43(5)12-15)14-47-30-41-26-20(28(42-30)44-6-7-45(29(46)17(3)33)19(13-44)11-39-4)10-21(32)23(25(26)34)27-24(31(35,36)37)16(2)9-22(38)40-27/h9-10,15,18-19H,3,6-8,11-14H2,1-2,5H3,(H2,38,40). The number of nitrogen functional groups attached to an aromatic ring is 1. The molecule has 1 aromatic carbocycles. The van der Waals surface area contributed by atoms with E-state index in [1.807, 2.05) is 7.05 Å². The maximum Gasteiger partial charge on any atom is 0.418 e. The van der Waals surface area contributed by atoms with Gasteiger partial charge in [-0.15, -0.1) is 0 Å². The number of amides is 1. The fraction of sp³-hybridized carbons (Fsp3) is 0.452. The molecule has 0 spiro atoms. The van der Waals surface area contributed by atoms with Gasteiger partial charge in [0.2, 0.25) is 6.54 Å². The van der Waals surface area contributed by atoms with E-state index in [1.54, 1.807) is 4.90 Å². The van der Waals surface area contributed by atoms with E-state index in [-0.39, 0.29) is 72.9 Å². The van der Waals surface area contributed by atoms with Crippen LogP contribution < -0.4 is 15.4 Å². The fourth-order valence-corrected chi connectivity index (χ4v) is 6.66. The van der Waals surface area contributed by atoms with Gasteiger partial charge in [0.1, 0.15) is 29.8 Å². The first-order valence-corrected chi connectivity index (χ1v) is 15.1. The largest absolute Gasteiger partial charge is 0.462 e. The molecule has 2 aliphatic rings. The Balaban J connectivity index is 1.67. The van der Waals surface area contributed by atoms with Gasteiger partial charge < -0.3 is 25.1 Å². The van der Waals surface area contributed by atoms with Gasteiger partial charge in [-0.3, -0.25) is 9.69 Å². The normalized spacial score (nSPS) is 20.5. The summed E-state index contributed by atoms with van der Waals surface area (Å²) in [6.07, 6.45) is -4.08. The monoisotopic (exact) mass is 678 g/mol. The smallest absolute Gasteiger partial charge is 0.418 e. The van der Waals surface area contributed by atoms with Crippen LogP contribution >= 0.6 is 11.6 Å². The first-order valence-electron chi connectivity index (χ1n) is 14.7. The number of nitrogens with zero attached hydrogens (tertiary/aromatic N) is 7. The lowest BCUT2D eigenvalue weighted by molar-refractivity contribution is -0.137. The van der Waals surface area contributed by atoms with Crippen molar-refractivity contribution in [1.82, 2.24) is 24.8 Å². The Hall–Kier alpha value is -4.29. The highest BCUT2D eigenvalue weighted by Crippen LogP contribution is 2.44. The number of piperazine rings is 1. The maximum atomic E-state index is 16.6. The summed E-state index contributed by atoms with van der Waals surface area (Å²) < 4.78 is 79.1. The third-order valence-electron chi connectivity index (χ3n) is 8.48.